The van der Waals surface area contributed by atoms with Crippen molar-refractivity contribution in [3.63, 3.8) is 0 Å². The summed E-state index contributed by atoms with van der Waals surface area (Å²) in [5.74, 6) is -1.39. The molecule has 0 amide bonds. The fourth-order valence-electron chi connectivity index (χ4n) is 1.66. The highest BCUT2D eigenvalue weighted by molar-refractivity contribution is 6.01. The van der Waals surface area contributed by atoms with E-state index in [1.807, 2.05) is 6.92 Å². The molecule has 1 saturated heterocycles. The van der Waals surface area contributed by atoms with Crippen LogP contribution in [0.5, 0.6) is 0 Å². The number of esters is 1. The van der Waals surface area contributed by atoms with Gasteiger partial charge in [-0.05, 0) is 19.5 Å². The molecule has 1 rings (SSSR count). The first-order chi connectivity index (χ1) is 7.20. The second-order valence-electron chi connectivity index (χ2n) is 3.46. The van der Waals surface area contributed by atoms with Crippen LogP contribution in [0.2, 0.25) is 0 Å². The highest BCUT2D eigenvalue weighted by atomic mass is 16.5. The molecule has 1 fully saturated rings. The van der Waals surface area contributed by atoms with Crippen LogP contribution in [0.25, 0.3) is 0 Å². The molecule has 0 saturated carbocycles. The Kier molecular flexibility index (Phi) is 4.71. The molecule has 1 aliphatic rings. The molecule has 0 bridgehead atoms. The summed E-state index contributed by atoms with van der Waals surface area (Å²) in [5.41, 5.74) is 0. The lowest BCUT2D eigenvalue weighted by atomic mass is 9.98. The molecule has 1 N–H and O–H groups in total. The number of ketones is 1. The van der Waals surface area contributed by atoms with Gasteiger partial charge >= 0.3 is 5.97 Å². The van der Waals surface area contributed by atoms with E-state index < -0.39 is 11.9 Å². The van der Waals surface area contributed by atoms with E-state index >= 15 is 0 Å². The Balaban J connectivity index is 2.48. The van der Waals surface area contributed by atoms with Crippen LogP contribution in [0.1, 0.15) is 13.3 Å². The lowest BCUT2D eigenvalue weighted by Crippen LogP contribution is -2.32. The molecule has 0 aromatic carbocycles. The van der Waals surface area contributed by atoms with Gasteiger partial charge in [0.1, 0.15) is 12.5 Å². The molecule has 15 heavy (non-hydrogen) atoms. The van der Waals surface area contributed by atoms with Gasteiger partial charge in [-0.3, -0.25) is 9.59 Å². The van der Waals surface area contributed by atoms with Gasteiger partial charge in [0.2, 0.25) is 0 Å². The number of nitrogens with one attached hydrogen (secondary N) is 1. The van der Waals surface area contributed by atoms with Gasteiger partial charge in [0.15, 0.2) is 5.78 Å². The maximum absolute atomic E-state index is 11.4. The van der Waals surface area contributed by atoms with Crippen molar-refractivity contribution in [2.45, 2.75) is 19.4 Å². The summed E-state index contributed by atoms with van der Waals surface area (Å²) >= 11 is 0. The van der Waals surface area contributed by atoms with Crippen LogP contribution < -0.4 is 5.32 Å². The van der Waals surface area contributed by atoms with Crippen molar-refractivity contribution >= 4 is 11.8 Å². The summed E-state index contributed by atoms with van der Waals surface area (Å²) in [6, 6.07) is 0. The molecule has 0 aliphatic carbocycles. The van der Waals surface area contributed by atoms with E-state index in [-0.39, 0.29) is 18.5 Å². The minimum Gasteiger partial charge on any atom is -0.468 e. The number of hydrogen-bond acceptors (Lipinski definition) is 5. The first-order valence-electron chi connectivity index (χ1n) is 5.13. The number of rotatable bonds is 5. The summed E-state index contributed by atoms with van der Waals surface area (Å²) in [6.45, 7) is 3.63. The molecule has 0 spiro atoms. The first-order valence-corrected chi connectivity index (χ1v) is 5.13. The third kappa shape index (κ3) is 3.00. The summed E-state index contributed by atoms with van der Waals surface area (Å²) in [4.78, 5) is 22.7. The van der Waals surface area contributed by atoms with Crippen molar-refractivity contribution in [1.82, 2.24) is 5.32 Å². The Bertz CT molecular complexity index is 242. The van der Waals surface area contributed by atoms with Crippen LogP contribution in [-0.4, -0.2) is 44.7 Å². The van der Waals surface area contributed by atoms with E-state index in [0.29, 0.717) is 6.42 Å². The molecular weight excluding hydrogens is 198 g/mol. The average molecular weight is 215 g/mol. The van der Waals surface area contributed by atoms with Crippen LogP contribution in [0.4, 0.5) is 0 Å². The minimum atomic E-state index is -0.728. The number of Topliss-reactive ketones (excluding diaryl/α,β-unsaturated/α-hetero) is 1. The van der Waals surface area contributed by atoms with Crippen LogP contribution >= 0.6 is 0 Å². The minimum absolute atomic E-state index is 0.0244. The smallest absolute Gasteiger partial charge is 0.318 e. The van der Waals surface area contributed by atoms with Crippen LogP contribution in [0.3, 0.4) is 0 Å². The zero-order valence-electron chi connectivity index (χ0n) is 9.12. The molecule has 1 heterocycles. The summed E-state index contributed by atoms with van der Waals surface area (Å²) in [7, 11) is 1.29. The number of carbonyl (C=O) groups is 2. The molecule has 2 atom stereocenters. The van der Waals surface area contributed by atoms with Crippen molar-refractivity contribution in [2.24, 2.45) is 5.92 Å². The standard InChI is InChI=1S/C10H17NO4/c1-3-11-5-4-8-9(10(13)14-2)7(12)6-15-8/h8-9,11H,3-6H2,1-2H3. The molecule has 5 nitrogen and oxygen atoms in total. The lowest BCUT2D eigenvalue weighted by Gasteiger charge is -2.14. The van der Waals surface area contributed by atoms with E-state index in [1.54, 1.807) is 0 Å². The van der Waals surface area contributed by atoms with Gasteiger partial charge in [-0.1, -0.05) is 6.92 Å². The van der Waals surface area contributed by atoms with Crippen LogP contribution in [0, 0.1) is 5.92 Å². The molecule has 5 heteroatoms. The van der Waals surface area contributed by atoms with Crippen molar-refractivity contribution in [1.29, 1.82) is 0 Å². The van der Waals surface area contributed by atoms with Gasteiger partial charge in [0.05, 0.1) is 13.2 Å². The number of carbonyl (C=O) groups excluding carboxylic acids is 2. The van der Waals surface area contributed by atoms with E-state index in [1.165, 1.54) is 7.11 Å². The van der Waals surface area contributed by atoms with Crippen molar-refractivity contribution in [3.8, 4) is 0 Å². The van der Waals surface area contributed by atoms with Crippen LogP contribution in [0.15, 0.2) is 0 Å². The molecule has 2 unspecified atom stereocenters. The SMILES string of the molecule is CCNCCC1OCC(=O)C1C(=O)OC. The highest BCUT2D eigenvalue weighted by Gasteiger charge is 2.41. The van der Waals surface area contributed by atoms with E-state index in [4.69, 9.17) is 4.74 Å². The van der Waals surface area contributed by atoms with Crippen molar-refractivity contribution in [3.05, 3.63) is 0 Å². The summed E-state index contributed by atoms with van der Waals surface area (Å²) < 4.78 is 9.84. The maximum Gasteiger partial charge on any atom is 0.318 e. The van der Waals surface area contributed by atoms with Crippen molar-refractivity contribution < 1.29 is 19.1 Å². The first kappa shape index (κ1) is 12.1. The highest BCUT2D eigenvalue weighted by Crippen LogP contribution is 2.21. The Morgan fingerprint density at radius 3 is 3.00 bits per heavy atom. The normalized spacial score (nSPS) is 25.6. The van der Waals surface area contributed by atoms with E-state index in [2.05, 4.69) is 10.1 Å². The van der Waals surface area contributed by atoms with Gasteiger partial charge in [-0.15, -0.1) is 0 Å². The van der Waals surface area contributed by atoms with E-state index in [0.717, 1.165) is 13.1 Å². The molecule has 0 radical (unpaired) electrons. The summed E-state index contributed by atoms with van der Waals surface area (Å²) in [6.07, 6.45) is 0.322. The number of hydrogen-bond donors (Lipinski definition) is 1. The van der Waals surface area contributed by atoms with Gasteiger partial charge < -0.3 is 14.8 Å². The van der Waals surface area contributed by atoms with Gasteiger partial charge in [0.25, 0.3) is 0 Å². The monoisotopic (exact) mass is 215 g/mol. The van der Waals surface area contributed by atoms with Gasteiger partial charge in [0, 0.05) is 0 Å². The van der Waals surface area contributed by atoms with E-state index in [9.17, 15) is 9.59 Å². The molecular formula is C10H17NO4. The third-order valence-corrected chi connectivity index (χ3v) is 2.47. The molecule has 86 valence electrons. The Hall–Kier alpha value is -0.940. The molecule has 1 aliphatic heterocycles. The average Bonchev–Trinajstić information content (AvgIpc) is 2.59. The van der Waals surface area contributed by atoms with Crippen LogP contribution in [-0.2, 0) is 19.1 Å². The quantitative estimate of drug-likeness (QED) is 0.389. The Morgan fingerprint density at radius 2 is 2.40 bits per heavy atom. The maximum atomic E-state index is 11.4. The predicted octanol–water partition coefficient (Wildman–Crippen LogP) is -0.257. The summed E-state index contributed by atoms with van der Waals surface area (Å²) in [5, 5.41) is 3.12. The number of ether oxygens (including phenoxy) is 2. The van der Waals surface area contributed by atoms with Gasteiger partial charge in [-0.2, -0.15) is 0 Å². The lowest BCUT2D eigenvalue weighted by molar-refractivity contribution is -0.149. The third-order valence-electron chi connectivity index (χ3n) is 2.47. The molecule has 0 aromatic rings. The largest absolute Gasteiger partial charge is 0.468 e. The Morgan fingerprint density at radius 1 is 1.67 bits per heavy atom. The fraction of sp³-hybridized carbons (Fsp3) is 0.800. The zero-order chi connectivity index (χ0) is 11.3. The zero-order valence-corrected chi connectivity index (χ0v) is 9.12. The Labute approximate surface area is 89.1 Å². The fourth-order valence-corrected chi connectivity index (χ4v) is 1.66. The topological polar surface area (TPSA) is 64.6 Å². The predicted molar refractivity (Wildman–Crippen MR) is 53.4 cm³/mol. The van der Waals surface area contributed by atoms with Gasteiger partial charge in [-0.25, -0.2) is 0 Å². The second-order valence-corrected chi connectivity index (χ2v) is 3.46. The second kappa shape index (κ2) is 5.82. The molecule has 0 aromatic heterocycles. The van der Waals surface area contributed by atoms with Crippen molar-refractivity contribution in [2.75, 3.05) is 26.8 Å². The number of methoxy groups -OCH3 is 1.